The van der Waals surface area contributed by atoms with Gasteiger partial charge in [0, 0.05) is 50.7 Å². The Kier molecular flexibility index (Phi) is 6.76. The van der Waals surface area contributed by atoms with Crippen molar-refractivity contribution in [2.45, 2.75) is 18.4 Å². The molecule has 2 aliphatic rings. The molecule has 6 nitrogen and oxygen atoms in total. The third kappa shape index (κ3) is 4.54. The second-order valence-electron chi connectivity index (χ2n) is 7.03. The van der Waals surface area contributed by atoms with E-state index in [4.69, 9.17) is 4.42 Å². The van der Waals surface area contributed by atoms with Gasteiger partial charge in [0.05, 0.1) is 6.26 Å². The van der Waals surface area contributed by atoms with Gasteiger partial charge in [-0.25, -0.2) is 8.78 Å². The maximum atomic E-state index is 14.0. The first-order valence-electron chi connectivity index (χ1n) is 9.33. The number of hydrogen-bond donors (Lipinski definition) is 1. The molecule has 156 valence electrons. The Morgan fingerprint density at radius 3 is 2.34 bits per heavy atom. The number of nitrogens with zero attached hydrogens (tertiary/aromatic N) is 3. The number of rotatable bonds is 3. The van der Waals surface area contributed by atoms with E-state index < -0.39 is 11.6 Å². The first kappa shape index (κ1) is 21.5. The molecule has 1 N–H and O–H groups in total. The molecule has 1 aromatic heterocycles. The highest BCUT2D eigenvalue weighted by Crippen LogP contribution is 2.43. The van der Waals surface area contributed by atoms with Crippen molar-refractivity contribution in [1.29, 1.82) is 0 Å². The minimum Gasteiger partial charge on any atom is -0.459 e. The molecular weight excluding hydrogens is 493 g/mol. The van der Waals surface area contributed by atoms with Crippen molar-refractivity contribution < 1.29 is 18.0 Å². The number of amides is 1. The number of hydrogen-bond acceptors (Lipinski definition) is 3. The van der Waals surface area contributed by atoms with Crippen LogP contribution in [0.3, 0.4) is 0 Å². The number of aliphatic imine (C=N–C) groups is 1. The summed E-state index contributed by atoms with van der Waals surface area (Å²) in [6.45, 7) is 2.35. The lowest BCUT2D eigenvalue weighted by molar-refractivity contribution is 0.0657. The highest BCUT2D eigenvalue weighted by atomic mass is 127. The summed E-state index contributed by atoms with van der Waals surface area (Å²) in [5, 5.41) is 3.31. The number of guanidine groups is 1. The van der Waals surface area contributed by atoms with E-state index in [1.54, 1.807) is 24.1 Å². The van der Waals surface area contributed by atoms with E-state index in [-0.39, 0.29) is 47.4 Å². The zero-order valence-electron chi connectivity index (χ0n) is 16.0. The van der Waals surface area contributed by atoms with Gasteiger partial charge in [-0.2, -0.15) is 0 Å². The molecule has 0 spiro atoms. The van der Waals surface area contributed by atoms with Crippen molar-refractivity contribution in [2.75, 3.05) is 33.2 Å². The molecule has 0 radical (unpaired) electrons. The van der Waals surface area contributed by atoms with E-state index in [0.717, 1.165) is 0 Å². The van der Waals surface area contributed by atoms with Crippen LogP contribution in [-0.4, -0.2) is 60.9 Å². The van der Waals surface area contributed by atoms with Crippen LogP contribution in [0.4, 0.5) is 8.78 Å². The van der Waals surface area contributed by atoms with E-state index >= 15 is 0 Å². The molecule has 1 saturated carbocycles. The number of nitrogens with one attached hydrogen (secondary N) is 1. The summed E-state index contributed by atoms with van der Waals surface area (Å²) in [7, 11) is 1.68. The maximum Gasteiger partial charge on any atom is 0.289 e. The fourth-order valence-corrected chi connectivity index (χ4v) is 3.68. The van der Waals surface area contributed by atoms with Crippen molar-refractivity contribution in [3.63, 3.8) is 0 Å². The van der Waals surface area contributed by atoms with Crippen molar-refractivity contribution in [2.24, 2.45) is 4.99 Å². The van der Waals surface area contributed by atoms with E-state index in [1.165, 1.54) is 24.5 Å². The van der Waals surface area contributed by atoms with Crippen LogP contribution in [0, 0.1) is 11.6 Å². The van der Waals surface area contributed by atoms with Crippen molar-refractivity contribution in [3.05, 3.63) is 59.6 Å². The molecule has 9 heteroatoms. The molecule has 2 aromatic rings. The first-order valence-corrected chi connectivity index (χ1v) is 9.33. The summed E-state index contributed by atoms with van der Waals surface area (Å²) >= 11 is 0. The van der Waals surface area contributed by atoms with Crippen LogP contribution in [0.5, 0.6) is 0 Å². The number of halogens is 3. The maximum absolute atomic E-state index is 14.0. The SMILES string of the molecule is CN=C(NC1CC1c1c(F)cccc1F)N1CCN(C(=O)c2ccco2)CC1.I. The number of benzene rings is 1. The summed E-state index contributed by atoms with van der Waals surface area (Å²) in [5.41, 5.74) is 0.143. The summed E-state index contributed by atoms with van der Waals surface area (Å²) < 4.78 is 33.1. The highest BCUT2D eigenvalue weighted by Gasteiger charge is 2.43. The minimum absolute atomic E-state index is 0. The summed E-state index contributed by atoms with van der Waals surface area (Å²) in [5.74, 6) is -0.300. The fraction of sp³-hybridized carbons (Fsp3) is 0.400. The zero-order chi connectivity index (χ0) is 19.7. The molecule has 2 heterocycles. The predicted molar refractivity (Wildman–Crippen MR) is 116 cm³/mol. The van der Waals surface area contributed by atoms with Crippen LogP contribution in [-0.2, 0) is 0 Å². The van der Waals surface area contributed by atoms with Crippen LogP contribution in [0.15, 0.2) is 46.0 Å². The fourth-order valence-electron chi connectivity index (χ4n) is 3.68. The quantitative estimate of drug-likeness (QED) is 0.387. The lowest BCUT2D eigenvalue weighted by atomic mass is 10.1. The Labute approximate surface area is 185 Å². The number of carbonyl (C=O) groups excluding carboxylic acids is 1. The highest BCUT2D eigenvalue weighted by molar-refractivity contribution is 14.0. The van der Waals surface area contributed by atoms with Gasteiger partial charge in [-0.1, -0.05) is 6.07 Å². The monoisotopic (exact) mass is 516 g/mol. The smallest absolute Gasteiger partial charge is 0.289 e. The van der Waals surface area contributed by atoms with Gasteiger partial charge in [0.15, 0.2) is 11.7 Å². The van der Waals surface area contributed by atoms with E-state index in [9.17, 15) is 13.6 Å². The van der Waals surface area contributed by atoms with Crippen molar-refractivity contribution in [1.82, 2.24) is 15.1 Å². The molecule has 2 unspecified atom stereocenters. The molecule has 1 aromatic carbocycles. The molecule has 4 rings (SSSR count). The van der Waals surface area contributed by atoms with Gasteiger partial charge in [-0.05, 0) is 30.7 Å². The Morgan fingerprint density at radius 2 is 1.76 bits per heavy atom. The summed E-state index contributed by atoms with van der Waals surface area (Å²) in [6.07, 6.45) is 2.15. The van der Waals surface area contributed by atoms with Gasteiger partial charge in [-0.15, -0.1) is 24.0 Å². The number of piperazine rings is 1. The molecule has 1 aliphatic carbocycles. The van der Waals surface area contributed by atoms with Gasteiger partial charge in [-0.3, -0.25) is 9.79 Å². The van der Waals surface area contributed by atoms with Crippen LogP contribution in [0.1, 0.15) is 28.5 Å². The normalized spacial score (nSPS) is 21.6. The second-order valence-corrected chi connectivity index (χ2v) is 7.03. The molecule has 1 amide bonds. The van der Waals surface area contributed by atoms with Gasteiger partial charge in [0.2, 0.25) is 0 Å². The van der Waals surface area contributed by atoms with Crippen molar-refractivity contribution >= 4 is 35.8 Å². The predicted octanol–water partition coefficient (Wildman–Crippen LogP) is 3.07. The Hall–Kier alpha value is -2.17. The lowest BCUT2D eigenvalue weighted by Gasteiger charge is -2.36. The van der Waals surface area contributed by atoms with Crippen LogP contribution in [0.2, 0.25) is 0 Å². The molecule has 29 heavy (non-hydrogen) atoms. The van der Waals surface area contributed by atoms with Crippen LogP contribution >= 0.6 is 24.0 Å². The zero-order valence-corrected chi connectivity index (χ0v) is 18.3. The standard InChI is InChI=1S/C20H22F2N4O2.HI/c1-23-20(24-16-12-13(16)18-14(21)4-2-5-15(18)22)26-9-7-25(8-10-26)19(27)17-6-3-11-28-17;/h2-6,11,13,16H,7-10,12H2,1H3,(H,23,24);1H. The van der Waals surface area contributed by atoms with E-state index in [0.29, 0.717) is 44.3 Å². The average molecular weight is 516 g/mol. The molecule has 1 aliphatic heterocycles. The Morgan fingerprint density at radius 1 is 1.10 bits per heavy atom. The molecule has 0 bridgehead atoms. The van der Waals surface area contributed by atoms with Crippen LogP contribution in [0.25, 0.3) is 0 Å². The third-order valence-electron chi connectivity index (χ3n) is 5.29. The average Bonchev–Trinajstić information content (AvgIpc) is 3.22. The minimum atomic E-state index is -0.505. The Bertz CT molecular complexity index is 862. The third-order valence-corrected chi connectivity index (χ3v) is 5.29. The first-order chi connectivity index (χ1) is 13.6. The van der Waals surface area contributed by atoms with E-state index in [1.807, 2.05) is 0 Å². The largest absolute Gasteiger partial charge is 0.459 e. The Balaban J connectivity index is 0.00000240. The van der Waals surface area contributed by atoms with Gasteiger partial charge >= 0.3 is 0 Å². The van der Waals surface area contributed by atoms with E-state index in [2.05, 4.69) is 15.2 Å². The molecule has 2 atom stereocenters. The molecular formula is C20H23F2IN4O2. The molecule has 1 saturated heterocycles. The molecule has 2 fully saturated rings. The summed E-state index contributed by atoms with van der Waals surface area (Å²) in [6, 6.07) is 7.26. The lowest BCUT2D eigenvalue weighted by Crippen LogP contribution is -2.54. The number of furan rings is 1. The second kappa shape index (κ2) is 9.10. The van der Waals surface area contributed by atoms with Gasteiger partial charge in [0.25, 0.3) is 5.91 Å². The van der Waals surface area contributed by atoms with Gasteiger partial charge in [0.1, 0.15) is 11.6 Å². The van der Waals surface area contributed by atoms with Crippen molar-refractivity contribution in [3.8, 4) is 0 Å². The van der Waals surface area contributed by atoms with Crippen LogP contribution < -0.4 is 5.32 Å². The summed E-state index contributed by atoms with van der Waals surface area (Å²) in [4.78, 5) is 20.5. The van der Waals surface area contributed by atoms with Gasteiger partial charge < -0.3 is 19.5 Å². The topological polar surface area (TPSA) is 61.1 Å². The number of carbonyl (C=O) groups is 1.